The van der Waals surface area contributed by atoms with E-state index in [-0.39, 0.29) is 5.91 Å². The summed E-state index contributed by atoms with van der Waals surface area (Å²) < 4.78 is 1.90. The number of aryl methyl sites for hydroxylation is 1. The number of allylic oxidation sites excluding steroid dienone is 2. The molecule has 5 nitrogen and oxygen atoms in total. The molecule has 130 valence electrons. The van der Waals surface area contributed by atoms with E-state index in [1.807, 2.05) is 48.0 Å². The van der Waals surface area contributed by atoms with Crippen LogP contribution in [0.15, 0.2) is 53.7 Å². The molecule has 0 spiro atoms. The number of nitrogens with one attached hydrogen (secondary N) is 1. The molecule has 0 radical (unpaired) electrons. The van der Waals surface area contributed by atoms with Crippen LogP contribution >= 0.6 is 11.3 Å². The molecule has 0 bridgehead atoms. The van der Waals surface area contributed by atoms with Crippen molar-refractivity contribution < 1.29 is 4.79 Å². The summed E-state index contributed by atoms with van der Waals surface area (Å²) in [7, 11) is 0. The zero-order valence-corrected chi connectivity index (χ0v) is 15.2. The van der Waals surface area contributed by atoms with Crippen LogP contribution in [-0.4, -0.2) is 21.4 Å². The Kier molecular flexibility index (Phi) is 3.53. The van der Waals surface area contributed by atoms with Crippen LogP contribution in [0.1, 0.15) is 28.2 Å². The van der Waals surface area contributed by atoms with E-state index in [2.05, 4.69) is 27.8 Å². The van der Waals surface area contributed by atoms with E-state index in [4.69, 9.17) is 0 Å². The third-order valence-corrected chi connectivity index (χ3v) is 6.33. The quantitative estimate of drug-likeness (QED) is 0.564. The summed E-state index contributed by atoms with van der Waals surface area (Å²) in [5.74, 6) is 0.990. The Labute approximate surface area is 155 Å². The summed E-state index contributed by atoms with van der Waals surface area (Å²) >= 11 is 1.45. The number of hydrazone groups is 1. The smallest absolute Gasteiger partial charge is 0.266 e. The Morgan fingerprint density at radius 2 is 2.19 bits per heavy atom. The van der Waals surface area contributed by atoms with Crippen LogP contribution in [0, 0.1) is 18.8 Å². The molecule has 1 amide bonds. The molecule has 6 heteroatoms. The Hall–Kier alpha value is -2.73. The van der Waals surface area contributed by atoms with Crippen molar-refractivity contribution in [1.82, 2.24) is 15.2 Å². The molecule has 1 saturated carbocycles. The highest BCUT2D eigenvalue weighted by molar-refractivity contribution is 7.20. The number of carbonyl (C=O) groups is 1. The molecule has 2 aliphatic rings. The van der Waals surface area contributed by atoms with Gasteiger partial charge in [0.15, 0.2) is 0 Å². The molecule has 2 aliphatic carbocycles. The number of carbonyl (C=O) groups excluding carboxylic acids is 1. The van der Waals surface area contributed by atoms with Crippen LogP contribution in [-0.2, 0) is 0 Å². The van der Waals surface area contributed by atoms with E-state index in [1.165, 1.54) is 11.3 Å². The number of thiophene rings is 1. The van der Waals surface area contributed by atoms with E-state index in [9.17, 15) is 4.79 Å². The molecule has 0 aliphatic heterocycles. The van der Waals surface area contributed by atoms with Crippen molar-refractivity contribution in [2.24, 2.45) is 16.9 Å². The molecule has 26 heavy (non-hydrogen) atoms. The monoisotopic (exact) mass is 362 g/mol. The highest BCUT2D eigenvalue weighted by Gasteiger charge is 2.38. The van der Waals surface area contributed by atoms with Gasteiger partial charge in [-0.25, -0.2) is 10.1 Å². The minimum absolute atomic E-state index is 0.150. The second-order valence-corrected chi connectivity index (χ2v) is 7.89. The Morgan fingerprint density at radius 1 is 1.35 bits per heavy atom. The van der Waals surface area contributed by atoms with Gasteiger partial charge in [-0.15, -0.1) is 11.3 Å². The van der Waals surface area contributed by atoms with Crippen LogP contribution in [0.5, 0.6) is 0 Å². The van der Waals surface area contributed by atoms with Crippen LogP contribution in [0.25, 0.3) is 15.9 Å². The van der Waals surface area contributed by atoms with Gasteiger partial charge in [-0.05, 0) is 43.9 Å². The fourth-order valence-corrected chi connectivity index (χ4v) is 4.82. The van der Waals surface area contributed by atoms with Crippen molar-refractivity contribution in [3.05, 3.63) is 59.1 Å². The van der Waals surface area contributed by atoms with E-state index in [1.54, 1.807) is 0 Å². The van der Waals surface area contributed by atoms with Crippen LogP contribution < -0.4 is 5.43 Å². The lowest BCUT2D eigenvalue weighted by atomic mass is 9.74. The van der Waals surface area contributed by atoms with Gasteiger partial charge in [0.05, 0.1) is 16.3 Å². The van der Waals surface area contributed by atoms with E-state index in [0.717, 1.165) is 40.2 Å². The Bertz CT molecular complexity index is 1060. The Morgan fingerprint density at radius 3 is 3.00 bits per heavy atom. The number of benzene rings is 1. The van der Waals surface area contributed by atoms with Gasteiger partial charge in [-0.3, -0.25) is 4.79 Å². The van der Waals surface area contributed by atoms with Crippen molar-refractivity contribution in [1.29, 1.82) is 0 Å². The molecule has 0 saturated heterocycles. The zero-order chi connectivity index (χ0) is 17.7. The van der Waals surface area contributed by atoms with Crippen molar-refractivity contribution in [2.75, 3.05) is 0 Å². The molecule has 2 aromatic heterocycles. The molecule has 2 atom stereocenters. The predicted octanol–water partition coefficient (Wildman–Crippen LogP) is 4.08. The summed E-state index contributed by atoms with van der Waals surface area (Å²) in [5.41, 5.74) is 5.74. The normalized spacial score (nSPS) is 22.6. The van der Waals surface area contributed by atoms with Crippen LogP contribution in [0.2, 0.25) is 0 Å². The number of nitrogens with zero attached hydrogens (tertiary/aromatic N) is 3. The molecule has 1 N–H and O–H groups in total. The highest BCUT2D eigenvalue weighted by Crippen LogP contribution is 2.40. The number of hydrogen-bond acceptors (Lipinski definition) is 4. The number of rotatable bonds is 3. The topological polar surface area (TPSA) is 59.3 Å². The zero-order valence-electron chi connectivity index (χ0n) is 14.3. The largest absolute Gasteiger partial charge is 0.281 e. The summed E-state index contributed by atoms with van der Waals surface area (Å²) in [6.45, 7) is 1.97. The van der Waals surface area contributed by atoms with Crippen molar-refractivity contribution in [3.8, 4) is 5.69 Å². The predicted molar refractivity (Wildman–Crippen MR) is 104 cm³/mol. The minimum atomic E-state index is -0.150. The number of aromatic nitrogens is 2. The van der Waals surface area contributed by atoms with E-state index in [0.29, 0.717) is 16.7 Å². The maximum Gasteiger partial charge on any atom is 0.281 e. The van der Waals surface area contributed by atoms with Crippen molar-refractivity contribution in [3.63, 3.8) is 0 Å². The molecule has 1 fully saturated rings. The maximum atomic E-state index is 12.6. The van der Waals surface area contributed by atoms with E-state index >= 15 is 0 Å². The number of fused-ring (bicyclic) bond motifs is 2. The van der Waals surface area contributed by atoms with Gasteiger partial charge >= 0.3 is 0 Å². The molecular formula is C20H18N4OS. The third-order valence-electron chi connectivity index (χ3n) is 5.22. The second kappa shape index (κ2) is 5.92. The van der Waals surface area contributed by atoms with Gasteiger partial charge in [-0.2, -0.15) is 10.2 Å². The minimum Gasteiger partial charge on any atom is -0.266 e. The Balaban J connectivity index is 1.42. The van der Waals surface area contributed by atoms with Crippen LogP contribution in [0.3, 0.4) is 0 Å². The van der Waals surface area contributed by atoms with Crippen molar-refractivity contribution in [2.45, 2.75) is 19.8 Å². The van der Waals surface area contributed by atoms with E-state index < -0.39 is 0 Å². The standard InChI is InChI=1S/C20H18N4OS/c1-12-16-11-18(19(25)22-21-17-10-13-6-5-9-15(13)17)26-20(16)24(23-12)14-7-3-2-4-8-14/h2-5,7-9,11,13,15H,6,10H2,1H3,(H,22,25)/b21-17-/t13-,15-/m0/s1. The summed E-state index contributed by atoms with van der Waals surface area (Å²) in [5, 5.41) is 9.98. The molecule has 0 unspecified atom stereocenters. The number of amides is 1. The lowest BCUT2D eigenvalue weighted by Gasteiger charge is -2.31. The molecule has 1 aromatic carbocycles. The van der Waals surface area contributed by atoms with Gasteiger partial charge in [0.2, 0.25) is 0 Å². The first-order valence-corrected chi connectivity index (χ1v) is 9.60. The van der Waals surface area contributed by atoms with Gasteiger partial charge in [0, 0.05) is 17.0 Å². The molecule has 3 aromatic rings. The lowest BCUT2D eigenvalue weighted by molar-refractivity contribution is 0.0958. The molecule has 2 heterocycles. The first kappa shape index (κ1) is 15.5. The molecule has 5 rings (SSSR count). The second-order valence-electron chi connectivity index (χ2n) is 6.86. The average Bonchev–Trinajstić information content (AvgIpc) is 3.31. The lowest BCUT2D eigenvalue weighted by Crippen LogP contribution is -2.35. The van der Waals surface area contributed by atoms with Crippen LogP contribution in [0.4, 0.5) is 0 Å². The summed E-state index contributed by atoms with van der Waals surface area (Å²) in [6.07, 6.45) is 6.55. The first-order chi connectivity index (χ1) is 12.7. The molecular weight excluding hydrogens is 344 g/mol. The number of para-hydroxylation sites is 1. The van der Waals surface area contributed by atoms with Crippen molar-refractivity contribution >= 4 is 33.2 Å². The summed E-state index contributed by atoms with van der Waals surface area (Å²) in [6, 6.07) is 11.9. The maximum absolute atomic E-state index is 12.6. The van der Waals surface area contributed by atoms with Gasteiger partial charge in [0.25, 0.3) is 5.91 Å². The highest BCUT2D eigenvalue weighted by atomic mass is 32.1. The van der Waals surface area contributed by atoms with Gasteiger partial charge < -0.3 is 0 Å². The number of hydrogen-bond donors (Lipinski definition) is 1. The SMILES string of the molecule is Cc1nn(-c2ccccc2)c2sc(C(=O)N/N=C3/C[C@@H]4CC=C[C@H]34)cc12. The first-order valence-electron chi connectivity index (χ1n) is 8.79. The fourth-order valence-electron chi connectivity index (χ4n) is 3.74. The average molecular weight is 362 g/mol. The summed E-state index contributed by atoms with van der Waals surface area (Å²) in [4.78, 5) is 14.2. The third kappa shape index (κ3) is 2.41. The van der Waals surface area contributed by atoms with Gasteiger partial charge in [0.1, 0.15) is 4.83 Å². The fraction of sp³-hybridized carbons (Fsp3) is 0.250. The van der Waals surface area contributed by atoms with Gasteiger partial charge in [-0.1, -0.05) is 30.4 Å².